The highest BCUT2D eigenvalue weighted by Gasteiger charge is 2.28. The van der Waals surface area contributed by atoms with Crippen LogP contribution in [0.2, 0.25) is 5.02 Å². The third-order valence-corrected chi connectivity index (χ3v) is 5.89. The SMILES string of the molecule is CC1CCNCC1NS(=O)(=O)N(C)Cc1c(F)cccc1Cl.Cl. The van der Waals surface area contributed by atoms with Crippen LogP contribution in [0.5, 0.6) is 0 Å². The van der Waals surface area contributed by atoms with Gasteiger partial charge in [-0.1, -0.05) is 24.6 Å². The molecule has 0 aromatic heterocycles. The summed E-state index contributed by atoms with van der Waals surface area (Å²) in [6.45, 7) is 3.38. The van der Waals surface area contributed by atoms with Crippen LogP contribution in [0.4, 0.5) is 4.39 Å². The molecule has 2 atom stereocenters. The second-order valence-corrected chi connectivity index (χ2v) is 7.87. The van der Waals surface area contributed by atoms with Gasteiger partial charge in [-0.25, -0.2) is 4.39 Å². The van der Waals surface area contributed by atoms with Gasteiger partial charge in [-0.05, 0) is 31.0 Å². The molecule has 0 radical (unpaired) electrons. The van der Waals surface area contributed by atoms with E-state index in [0.717, 1.165) is 17.3 Å². The lowest BCUT2D eigenvalue weighted by Crippen LogP contribution is -2.53. The lowest BCUT2D eigenvalue weighted by atomic mass is 9.96. The van der Waals surface area contributed by atoms with E-state index >= 15 is 0 Å². The normalized spacial score (nSPS) is 22.0. The quantitative estimate of drug-likeness (QED) is 0.816. The van der Waals surface area contributed by atoms with Gasteiger partial charge >= 0.3 is 0 Å². The zero-order valence-corrected chi connectivity index (χ0v) is 15.4. The van der Waals surface area contributed by atoms with E-state index in [0.29, 0.717) is 6.54 Å². The number of hydrogen-bond donors (Lipinski definition) is 2. The molecule has 1 saturated heterocycles. The molecule has 2 unspecified atom stereocenters. The molecule has 1 aromatic rings. The highest BCUT2D eigenvalue weighted by molar-refractivity contribution is 7.87. The first-order valence-electron chi connectivity index (χ1n) is 7.18. The first kappa shape index (κ1) is 20.6. The van der Waals surface area contributed by atoms with E-state index in [1.807, 2.05) is 6.92 Å². The molecule has 1 aliphatic heterocycles. The Morgan fingerprint density at radius 2 is 2.17 bits per heavy atom. The van der Waals surface area contributed by atoms with Crippen molar-refractivity contribution in [1.29, 1.82) is 0 Å². The summed E-state index contributed by atoms with van der Waals surface area (Å²) in [6, 6.07) is 4.13. The number of nitrogens with zero attached hydrogens (tertiary/aromatic N) is 1. The van der Waals surface area contributed by atoms with Crippen LogP contribution in [-0.4, -0.2) is 38.9 Å². The van der Waals surface area contributed by atoms with Crippen molar-refractivity contribution in [3.63, 3.8) is 0 Å². The first-order valence-corrected chi connectivity index (χ1v) is 9.00. The summed E-state index contributed by atoms with van der Waals surface area (Å²) in [5.41, 5.74) is 0.173. The van der Waals surface area contributed by atoms with Crippen molar-refractivity contribution in [3.05, 3.63) is 34.6 Å². The Morgan fingerprint density at radius 3 is 2.78 bits per heavy atom. The molecular formula is C14H22Cl2FN3O2S. The van der Waals surface area contributed by atoms with Crippen molar-refractivity contribution < 1.29 is 12.8 Å². The molecule has 0 saturated carbocycles. The Balaban J connectivity index is 0.00000264. The van der Waals surface area contributed by atoms with Crippen LogP contribution < -0.4 is 10.0 Å². The van der Waals surface area contributed by atoms with Crippen molar-refractivity contribution in [2.45, 2.75) is 25.9 Å². The largest absolute Gasteiger partial charge is 0.315 e. The minimum absolute atomic E-state index is 0. The molecule has 2 N–H and O–H groups in total. The molecule has 1 heterocycles. The zero-order chi connectivity index (χ0) is 16.3. The standard InChI is InChI=1S/C14H21ClFN3O2S.ClH/c1-10-6-7-17-8-14(10)18-22(20,21)19(2)9-11-12(15)4-3-5-13(11)16;/h3-5,10,14,17-18H,6-9H2,1-2H3;1H. The summed E-state index contributed by atoms with van der Waals surface area (Å²) in [7, 11) is -2.30. The van der Waals surface area contributed by atoms with E-state index in [1.165, 1.54) is 19.2 Å². The van der Waals surface area contributed by atoms with Crippen molar-refractivity contribution in [2.75, 3.05) is 20.1 Å². The lowest BCUT2D eigenvalue weighted by molar-refractivity contribution is 0.319. The van der Waals surface area contributed by atoms with Gasteiger partial charge < -0.3 is 5.32 Å². The van der Waals surface area contributed by atoms with Crippen LogP contribution in [0.15, 0.2) is 18.2 Å². The van der Waals surface area contributed by atoms with E-state index in [9.17, 15) is 12.8 Å². The fraction of sp³-hybridized carbons (Fsp3) is 0.571. The molecule has 132 valence electrons. The average Bonchev–Trinajstić information content (AvgIpc) is 2.45. The molecule has 0 aliphatic carbocycles. The summed E-state index contributed by atoms with van der Waals surface area (Å²) in [5, 5.41) is 3.39. The van der Waals surface area contributed by atoms with Gasteiger partial charge in [-0.2, -0.15) is 17.4 Å². The van der Waals surface area contributed by atoms with Gasteiger partial charge in [0.2, 0.25) is 0 Å². The molecule has 5 nitrogen and oxygen atoms in total. The van der Waals surface area contributed by atoms with Crippen molar-refractivity contribution in [2.24, 2.45) is 5.92 Å². The van der Waals surface area contributed by atoms with Gasteiger partial charge in [-0.15, -0.1) is 12.4 Å². The van der Waals surface area contributed by atoms with E-state index < -0.39 is 16.0 Å². The minimum atomic E-state index is -3.71. The topological polar surface area (TPSA) is 61.4 Å². The number of benzene rings is 1. The van der Waals surface area contributed by atoms with Crippen LogP contribution in [0.25, 0.3) is 0 Å². The summed E-state index contributed by atoms with van der Waals surface area (Å²) in [5.74, 6) is -0.260. The monoisotopic (exact) mass is 385 g/mol. The Morgan fingerprint density at radius 1 is 1.48 bits per heavy atom. The fourth-order valence-electron chi connectivity index (χ4n) is 2.42. The van der Waals surface area contributed by atoms with Gasteiger partial charge in [-0.3, -0.25) is 0 Å². The number of piperidine rings is 1. The van der Waals surface area contributed by atoms with Gasteiger partial charge in [0.15, 0.2) is 0 Å². The van der Waals surface area contributed by atoms with Crippen LogP contribution in [0, 0.1) is 11.7 Å². The van der Waals surface area contributed by atoms with E-state index in [-0.39, 0.29) is 41.5 Å². The second-order valence-electron chi connectivity index (χ2n) is 5.66. The molecule has 0 bridgehead atoms. The van der Waals surface area contributed by atoms with E-state index in [4.69, 9.17) is 11.6 Å². The maximum absolute atomic E-state index is 13.8. The molecule has 1 aromatic carbocycles. The highest BCUT2D eigenvalue weighted by atomic mass is 35.5. The number of halogens is 3. The van der Waals surface area contributed by atoms with Crippen molar-refractivity contribution >= 4 is 34.2 Å². The predicted octanol–water partition coefficient (Wildman–Crippen LogP) is 2.17. The highest BCUT2D eigenvalue weighted by Crippen LogP contribution is 2.21. The minimum Gasteiger partial charge on any atom is -0.315 e. The van der Waals surface area contributed by atoms with Gasteiger partial charge in [0, 0.05) is 36.8 Å². The summed E-state index contributed by atoms with van der Waals surface area (Å²) in [6.07, 6.45) is 0.913. The summed E-state index contributed by atoms with van der Waals surface area (Å²) in [4.78, 5) is 0. The van der Waals surface area contributed by atoms with Crippen LogP contribution in [0.3, 0.4) is 0 Å². The molecule has 23 heavy (non-hydrogen) atoms. The fourth-order valence-corrected chi connectivity index (χ4v) is 3.82. The third kappa shape index (κ3) is 5.27. The summed E-state index contributed by atoms with van der Waals surface area (Å²) >= 11 is 5.95. The zero-order valence-electron chi connectivity index (χ0n) is 13.1. The smallest absolute Gasteiger partial charge is 0.279 e. The van der Waals surface area contributed by atoms with Gasteiger partial charge in [0.1, 0.15) is 5.82 Å². The average molecular weight is 386 g/mol. The molecule has 0 amide bonds. The maximum Gasteiger partial charge on any atom is 0.279 e. The van der Waals surface area contributed by atoms with Gasteiger partial charge in [0.25, 0.3) is 10.2 Å². The number of hydrogen-bond acceptors (Lipinski definition) is 3. The summed E-state index contributed by atoms with van der Waals surface area (Å²) < 4.78 is 42.3. The van der Waals surface area contributed by atoms with Crippen LogP contribution in [-0.2, 0) is 16.8 Å². The molecule has 0 spiro atoms. The second kappa shape index (κ2) is 8.60. The Labute approximate surface area is 148 Å². The van der Waals surface area contributed by atoms with Crippen molar-refractivity contribution in [1.82, 2.24) is 14.3 Å². The van der Waals surface area contributed by atoms with Crippen molar-refractivity contribution in [3.8, 4) is 0 Å². The Kier molecular flexibility index (Phi) is 7.70. The molecule has 9 heteroatoms. The molecule has 1 fully saturated rings. The lowest BCUT2D eigenvalue weighted by Gasteiger charge is -2.31. The Hall–Kier alpha value is -0.440. The van der Waals surface area contributed by atoms with E-state index in [1.54, 1.807) is 6.07 Å². The number of nitrogens with one attached hydrogen (secondary N) is 2. The number of rotatable bonds is 5. The first-order chi connectivity index (χ1) is 10.3. The molecule has 2 rings (SSSR count). The third-order valence-electron chi connectivity index (χ3n) is 3.98. The van der Waals surface area contributed by atoms with Gasteiger partial charge in [0.05, 0.1) is 0 Å². The van der Waals surface area contributed by atoms with E-state index in [2.05, 4.69) is 10.0 Å². The van der Waals surface area contributed by atoms with Crippen LogP contribution >= 0.6 is 24.0 Å². The van der Waals surface area contributed by atoms with Crippen LogP contribution in [0.1, 0.15) is 18.9 Å². The predicted molar refractivity (Wildman–Crippen MR) is 92.6 cm³/mol. The molecular weight excluding hydrogens is 364 g/mol. The molecule has 1 aliphatic rings. The maximum atomic E-state index is 13.8. The Bertz CT molecular complexity index is 610.